The molecule has 1 saturated carbocycles. The van der Waals surface area contributed by atoms with Crippen molar-refractivity contribution in [3.05, 3.63) is 41.3 Å². The van der Waals surface area contributed by atoms with Crippen molar-refractivity contribution in [3.63, 3.8) is 0 Å². The maximum absolute atomic E-state index is 12.6. The average molecular weight is 534 g/mol. The van der Waals surface area contributed by atoms with Crippen molar-refractivity contribution in [2.45, 2.75) is 25.0 Å². The van der Waals surface area contributed by atoms with Crippen LogP contribution in [0.25, 0.3) is 11.2 Å². The second-order valence-electron chi connectivity index (χ2n) is 6.36. The molecule has 1 fully saturated rings. The third-order valence-electron chi connectivity index (χ3n) is 4.43. The summed E-state index contributed by atoms with van der Waals surface area (Å²) >= 11 is 8.59. The lowest BCUT2D eigenvalue weighted by molar-refractivity contribution is 0.681. The highest BCUT2D eigenvalue weighted by molar-refractivity contribution is 14.2. The van der Waals surface area contributed by atoms with Gasteiger partial charge in [0.2, 0.25) is 0 Å². The van der Waals surface area contributed by atoms with Gasteiger partial charge in [0.25, 0.3) is 0 Å². The molecule has 142 valence electrons. The normalized spacial score (nSPS) is 15.6. The van der Waals surface area contributed by atoms with Gasteiger partial charge >= 0.3 is 0 Å². The van der Waals surface area contributed by atoms with Crippen molar-refractivity contribution in [1.29, 1.82) is 0 Å². The molecule has 1 N–H and O–H groups in total. The number of nitrogens with one attached hydrogen (secondary N) is 1. The fourth-order valence-electron chi connectivity index (χ4n) is 2.91. The number of pyridine rings is 1. The lowest BCUT2D eigenvalue weighted by Gasteiger charge is -2.22. The van der Waals surface area contributed by atoms with E-state index in [0.29, 0.717) is 11.5 Å². The molecule has 10 heteroatoms. The summed E-state index contributed by atoms with van der Waals surface area (Å²) in [6.45, 7) is 1.96. The Balaban J connectivity index is 1.76. The topological polar surface area (TPSA) is 63.1 Å². The SMILES string of the molecule is Cc1nc2c(Nc3ccccc3N(C)S(=O)C3CC3)cc(Cl)nc2n1PI. The number of fused-ring (bicyclic) bond motifs is 1. The van der Waals surface area contributed by atoms with Crippen LogP contribution in [0, 0.1) is 6.92 Å². The Morgan fingerprint density at radius 3 is 2.78 bits per heavy atom. The summed E-state index contributed by atoms with van der Waals surface area (Å²) in [6, 6.07) is 9.63. The van der Waals surface area contributed by atoms with Gasteiger partial charge in [0, 0.05) is 13.1 Å². The Kier molecular flexibility index (Phi) is 5.60. The molecule has 6 nitrogen and oxygen atoms in total. The van der Waals surface area contributed by atoms with Crippen molar-refractivity contribution in [2.75, 3.05) is 16.7 Å². The summed E-state index contributed by atoms with van der Waals surface area (Å²) in [5, 5.41) is 4.12. The summed E-state index contributed by atoms with van der Waals surface area (Å²) in [4.78, 5) is 9.13. The maximum Gasteiger partial charge on any atom is 0.167 e. The second kappa shape index (κ2) is 7.81. The molecule has 0 radical (unpaired) electrons. The van der Waals surface area contributed by atoms with E-state index in [4.69, 9.17) is 11.6 Å². The van der Waals surface area contributed by atoms with E-state index < -0.39 is 11.0 Å². The molecule has 0 saturated heterocycles. The highest BCUT2D eigenvalue weighted by Crippen LogP contribution is 2.38. The van der Waals surface area contributed by atoms with Crippen molar-refractivity contribution in [2.24, 2.45) is 0 Å². The molecule has 1 aliphatic rings. The van der Waals surface area contributed by atoms with Gasteiger partial charge in [0.05, 0.1) is 28.7 Å². The number of para-hydroxylation sites is 2. The first kappa shape index (κ1) is 19.4. The molecular weight excluding hydrogens is 516 g/mol. The number of anilines is 3. The number of nitrogens with zero attached hydrogens (tertiary/aromatic N) is 4. The molecule has 2 heterocycles. The third-order valence-corrected chi connectivity index (χ3v) is 8.55. The zero-order valence-corrected chi connectivity index (χ0v) is 19.5. The average Bonchev–Trinajstić information content (AvgIpc) is 3.44. The molecule has 1 aliphatic carbocycles. The predicted octanol–water partition coefficient (Wildman–Crippen LogP) is 5.19. The lowest BCUT2D eigenvalue weighted by atomic mass is 10.2. The zero-order valence-electron chi connectivity index (χ0n) is 14.7. The van der Waals surface area contributed by atoms with Crippen LogP contribution in [0.15, 0.2) is 30.3 Å². The first-order valence-corrected chi connectivity index (χ1v) is 14.0. The van der Waals surface area contributed by atoms with Crippen LogP contribution in [0.4, 0.5) is 17.1 Å². The third kappa shape index (κ3) is 3.81. The zero-order chi connectivity index (χ0) is 19.1. The van der Waals surface area contributed by atoms with Crippen LogP contribution < -0.4 is 9.62 Å². The Labute approximate surface area is 180 Å². The summed E-state index contributed by atoms with van der Waals surface area (Å²) in [6.07, 6.45) is 2.55. The van der Waals surface area contributed by atoms with Gasteiger partial charge < -0.3 is 5.32 Å². The lowest BCUT2D eigenvalue weighted by Crippen LogP contribution is -2.24. The van der Waals surface area contributed by atoms with Gasteiger partial charge in [0.1, 0.15) is 27.5 Å². The molecule has 3 aromatic rings. The van der Waals surface area contributed by atoms with E-state index in [2.05, 4.69) is 37.3 Å². The van der Waals surface area contributed by atoms with Crippen molar-refractivity contribution >= 4 is 79.2 Å². The van der Waals surface area contributed by atoms with E-state index in [1.54, 1.807) is 6.07 Å². The van der Waals surface area contributed by atoms with Crippen LogP contribution in [-0.2, 0) is 11.0 Å². The summed E-state index contributed by atoms with van der Waals surface area (Å²) in [5.74, 6) is 0.899. The molecule has 0 bridgehead atoms. The Morgan fingerprint density at radius 2 is 2.07 bits per heavy atom. The Morgan fingerprint density at radius 1 is 1.33 bits per heavy atom. The second-order valence-corrected chi connectivity index (χ2v) is 10.6. The van der Waals surface area contributed by atoms with E-state index in [-0.39, 0.29) is 5.25 Å². The number of halogens is 2. The molecule has 0 spiro atoms. The van der Waals surface area contributed by atoms with Crippen LogP contribution in [0.1, 0.15) is 18.7 Å². The number of aryl methyl sites for hydroxylation is 1. The van der Waals surface area contributed by atoms with Crippen LogP contribution in [0.3, 0.4) is 0 Å². The minimum absolute atomic E-state index is 0.271. The van der Waals surface area contributed by atoms with Gasteiger partial charge in [-0.2, -0.15) is 0 Å². The summed E-state index contributed by atoms with van der Waals surface area (Å²) in [7, 11) is 0.853. The number of imidazole rings is 1. The molecule has 2 atom stereocenters. The van der Waals surface area contributed by atoms with Crippen molar-refractivity contribution in [1.82, 2.24) is 14.3 Å². The number of hydrogen-bond acceptors (Lipinski definition) is 4. The van der Waals surface area contributed by atoms with Gasteiger partial charge in [-0.1, -0.05) is 23.7 Å². The van der Waals surface area contributed by atoms with Crippen LogP contribution in [0.2, 0.25) is 5.15 Å². The quantitative estimate of drug-likeness (QED) is 0.269. The van der Waals surface area contributed by atoms with Crippen LogP contribution in [-0.4, -0.2) is 30.8 Å². The molecule has 0 amide bonds. The summed E-state index contributed by atoms with van der Waals surface area (Å²) in [5.41, 5.74) is 4.08. The van der Waals surface area contributed by atoms with E-state index >= 15 is 0 Å². The van der Waals surface area contributed by atoms with Crippen LogP contribution >= 0.6 is 40.0 Å². The van der Waals surface area contributed by atoms with E-state index in [1.807, 2.05) is 46.9 Å². The van der Waals surface area contributed by atoms with Gasteiger partial charge in [-0.15, -0.1) is 0 Å². The Hall–Kier alpha value is -0.960. The molecule has 27 heavy (non-hydrogen) atoms. The molecule has 0 aliphatic heterocycles. The standard InChI is InChI=1S/C17H18ClIN5OPS/c1-10-20-16-13(9-15(18)22-17(16)24(10)26-19)21-12-5-3-4-6-14(12)23(2)27(25)11-7-8-11/h3-6,9,11,26H,7-8H2,1-2H3,(H,21,22). The number of aromatic nitrogens is 3. The highest BCUT2D eigenvalue weighted by atomic mass is 127. The maximum atomic E-state index is 12.6. The van der Waals surface area contributed by atoms with E-state index in [9.17, 15) is 4.21 Å². The molecular formula is C17H18ClIN5OPS. The first-order valence-electron chi connectivity index (χ1n) is 8.42. The summed E-state index contributed by atoms with van der Waals surface area (Å²) < 4.78 is 16.5. The van der Waals surface area contributed by atoms with Gasteiger partial charge in [-0.05, 0) is 53.9 Å². The minimum Gasteiger partial charge on any atom is -0.352 e. The molecule has 4 rings (SSSR count). The first-order chi connectivity index (χ1) is 13.0. The Bertz CT molecular complexity index is 1040. The highest BCUT2D eigenvalue weighted by Gasteiger charge is 2.32. The number of benzene rings is 1. The largest absolute Gasteiger partial charge is 0.352 e. The number of hydrogen-bond donors (Lipinski definition) is 1. The van der Waals surface area contributed by atoms with Gasteiger partial charge in [0.15, 0.2) is 5.65 Å². The van der Waals surface area contributed by atoms with E-state index in [0.717, 1.165) is 46.9 Å². The van der Waals surface area contributed by atoms with Crippen molar-refractivity contribution < 1.29 is 4.21 Å². The smallest absolute Gasteiger partial charge is 0.167 e. The monoisotopic (exact) mass is 533 g/mol. The van der Waals surface area contributed by atoms with Crippen LogP contribution in [0.5, 0.6) is 0 Å². The molecule has 1 aromatic carbocycles. The molecule has 2 unspecified atom stereocenters. The molecule has 2 aromatic heterocycles. The van der Waals surface area contributed by atoms with Gasteiger partial charge in [-0.3, -0.25) is 8.64 Å². The van der Waals surface area contributed by atoms with Crippen molar-refractivity contribution in [3.8, 4) is 0 Å². The fourth-order valence-corrected chi connectivity index (χ4v) is 6.58. The van der Waals surface area contributed by atoms with E-state index in [1.165, 1.54) is 0 Å². The predicted molar refractivity (Wildman–Crippen MR) is 124 cm³/mol. The number of rotatable bonds is 6. The minimum atomic E-state index is -1.02. The fraction of sp³-hybridized carbons (Fsp3) is 0.294. The van der Waals surface area contributed by atoms with Gasteiger partial charge in [-0.25, -0.2) is 14.2 Å².